The minimum Gasteiger partial charge on any atom is -0.357 e. The van der Waals surface area contributed by atoms with Gasteiger partial charge in [-0.25, -0.2) is 0 Å². The molecule has 4 rings (SSSR count). The molecule has 0 radical (unpaired) electrons. The van der Waals surface area contributed by atoms with E-state index >= 15 is 0 Å². The normalized spacial score (nSPS) is 23.0. The molecule has 0 amide bonds. The maximum Gasteiger partial charge on any atom is 0.191 e. The van der Waals surface area contributed by atoms with Crippen LogP contribution in [0.3, 0.4) is 0 Å². The number of aliphatic imine (C=N–C) groups is 1. The maximum absolute atomic E-state index is 4.91. The first-order valence-electron chi connectivity index (χ1n) is 11.2. The number of likely N-dealkylation sites (tertiary alicyclic amines) is 1. The van der Waals surface area contributed by atoms with Gasteiger partial charge in [0.1, 0.15) is 0 Å². The monoisotopic (exact) mass is 390 g/mol. The van der Waals surface area contributed by atoms with Crippen molar-refractivity contribution in [1.29, 1.82) is 0 Å². The fraction of sp³-hybridized carbons (Fsp3) is 0.480. The Labute approximate surface area is 175 Å². The van der Waals surface area contributed by atoms with Crippen molar-refractivity contribution >= 4 is 5.96 Å². The molecule has 2 aromatic carbocycles. The molecule has 2 N–H and O–H groups in total. The van der Waals surface area contributed by atoms with Crippen LogP contribution in [0.15, 0.2) is 65.7 Å². The zero-order valence-electron chi connectivity index (χ0n) is 17.6. The first-order chi connectivity index (χ1) is 14.3. The predicted molar refractivity (Wildman–Crippen MR) is 121 cm³/mol. The molecule has 2 aromatic rings. The van der Waals surface area contributed by atoms with E-state index in [0.717, 1.165) is 38.7 Å². The van der Waals surface area contributed by atoms with Crippen molar-refractivity contribution in [2.75, 3.05) is 26.2 Å². The SMILES string of the molecule is CCNC(=NCC1CC1c1ccccc1)NC1CCN(Cc2ccccc2)CC1. The van der Waals surface area contributed by atoms with E-state index in [0.29, 0.717) is 17.9 Å². The lowest BCUT2D eigenvalue weighted by atomic mass is 10.0. The van der Waals surface area contributed by atoms with E-state index in [1.54, 1.807) is 0 Å². The highest BCUT2D eigenvalue weighted by molar-refractivity contribution is 5.80. The summed E-state index contributed by atoms with van der Waals surface area (Å²) in [5.41, 5.74) is 2.88. The van der Waals surface area contributed by atoms with Gasteiger partial charge < -0.3 is 10.6 Å². The Balaban J connectivity index is 1.23. The lowest BCUT2D eigenvalue weighted by Gasteiger charge is -2.33. The quantitative estimate of drug-likeness (QED) is 0.554. The summed E-state index contributed by atoms with van der Waals surface area (Å²) in [6.45, 7) is 7.32. The number of nitrogens with one attached hydrogen (secondary N) is 2. The molecule has 1 saturated heterocycles. The molecule has 4 heteroatoms. The summed E-state index contributed by atoms with van der Waals surface area (Å²) in [5, 5.41) is 7.14. The first kappa shape index (κ1) is 20.0. The van der Waals surface area contributed by atoms with Crippen molar-refractivity contribution in [3.8, 4) is 0 Å². The number of piperidine rings is 1. The van der Waals surface area contributed by atoms with Gasteiger partial charge in [0.2, 0.25) is 0 Å². The summed E-state index contributed by atoms with van der Waals surface area (Å²) < 4.78 is 0. The second kappa shape index (κ2) is 9.93. The lowest BCUT2D eigenvalue weighted by molar-refractivity contribution is 0.198. The van der Waals surface area contributed by atoms with Gasteiger partial charge in [-0.15, -0.1) is 0 Å². The molecule has 154 valence electrons. The van der Waals surface area contributed by atoms with E-state index in [2.05, 4.69) is 83.1 Å². The summed E-state index contributed by atoms with van der Waals surface area (Å²) in [7, 11) is 0. The van der Waals surface area contributed by atoms with Crippen molar-refractivity contribution in [3.05, 3.63) is 71.8 Å². The number of benzene rings is 2. The number of hydrogen-bond acceptors (Lipinski definition) is 2. The van der Waals surface area contributed by atoms with Crippen molar-refractivity contribution < 1.29 is 0 Å². The van der Waals surface area contributed by atoms with Crippen molar-refractivity contribution in [1.82, 2.24) is 15.5 Å². The van der Waals surface area contributed by atoms with Crippen LogP contribution in [0.25, 0.3) is 0 Å². The Morgan fingerprint density at radius 3 is 2.38 bits per heavy atom. The molecule has 0 bridgehead atoms. The van der Waals surface area contributed by atoms with Gasteiger partial charge in [0.05, 0.1) is 0 Å². The Bertz CT molecular complexity index is 766. The second-order valence-corrected chi connectivity index (χ2v) is 8.41. The van der Waals surface area contributed by atoms with E-state index in [1.807, 2.05) is 0 Å². The standard InChI is InChI=1S/C25H34N4/c1-2-26-25(27-18-22-17-24(22)21-11-7-4-8-12-21)28-23-13-15-29(16-14-23)19-20-9-5-3-6-10-20/h3-12,22-24H,2,13-19H2,1H3,(H2,26,27,28). The smallest absolute Gasteiger partial charge is 0.191 e. The molecule has 29 heavy (non-hydrogen) atoms. The molecule has 1 saturated carbocycles. The zero-order valence-corrected chi connectivity index (χ0v) is 17.6. The molecule has 0 aromatic heterocycles. The van der Waals surface area contributed by atoms with Crippen LogP contribution in [0.1, 0.15) is 43.2 Å². The number of guanidine groups is 1. The van der Waals surface area contributed by atoms with Crippen LogP contribution >= 0.6 is 0 Å². The highest BCUT2D eigenvalue weighted by Crippen LogP contribution is 2.47. The van der Waals surface area contributed by atoms with Crippen LogP contribution in [0.5, 0.6) is 0 Å². The third kappa shape index (κ3) is 5.83. The number of nitrogens with zero attached hydrogens (tertiary/aromatic N) is 2. The minimum absolute atomic E-state index is 0.518. The van der Waals surface area contributed by atoms with E-state index in [-0.39, 0.29) is 0 Å². The molecule has 2 aliphatic rings. The van der Waals surface area contributed by atoms with E-state index in [1.165, 1.54) is 30.4 Å². The molecule has 2 unspecified atom stereocenters. The highest BCUT2D eigenvalue weighted by atomic mass is 15.2. The maximum atomic E-state index is 4.91. The molecule has 2 fully saturated rings. The van der Waals surface area contributed by atoms with Gasteiger partial charge in [-0.3, -0.25) is 9.89 Å². The molecule has 2 atom stereocenters. The fourth-order valence-corrected chi connectivity index (χ4v) is 4.36. The molecule has 1 heterocycles. The summed E-state index contributed by atoms with van der Waals surface area (Å²) in [6, 6.07) is 22.2. The number of hydrogen-bond donors (Lipinski definition) is 2. The summed E-state index contributed by atoms with van der Waals surface area (Å²) in [4.78, 5) is 7.47. The first-order valence-corrected chi connectivity index (χ1v) is 11.2. The van der Waals surface area contributed by atoms with E-state index in [4.69, 9.17) is 4.99 Å². The Morgan fingerprint density at radius 2 is 1.69 bits per heavy atom. The lowest BCUT2D eigenvalue weighted by Crippen LogP contribution is -2.48. The van der Waals surface area contributed by atoms with Crippen molar-refractivity contribution in [3.63, 3.8) is 0 Å². The third-order valence-electron chi connectivity index (χ3n) is 6.16. The van der Waals surface area contributed by atoms with Crippen LogP contribution in [-0.2, 0) is 6.54 Å². The largest absolute Gasteiger partial charge is 0.357 e. The molecule has 4 nitrogen and oxygen atoms in total. The van der Waals surface area contributed by atoms with Crippen LogP contribution in [0.2, 0.25) is 0 Å². The molecule has 1 aliphatic heterocycles. The third-order valence-corrected chi connectivity index (χ3v) is 6.16. The fourth-order valence-electron chi connectivity index (χ4n) is 4.36. The van der Waals surface area contributed by atoms with Crippen LogP contribution < -0.4 is 10.6 Å². The van der Waals surface area contributed by atoms with Crippen LogP contribution in [0.4, 0.5) is 0 Å². The molecular formula is C25H34N4. The summed E-state index contributed by atoms with van der Waals surface area (Å²) >= 11 is 0. The van der Waals surface area contributed by atoms with Gasteiger partial charge in [0.15, 0.2) is 5.96 Å². The van der Waals surface area contributed by atoms with E-state index < -0.39 is 0 Å². The summed E-state index contributed by atoms with van der Waals surface area (Å²) in [6.07, 6.45) is 3.62. The van der Waals surface area contributed by atoms with E-state index in [9.17, 15) is 0 Å². The van der Waals surface area contributed by atoms with Gasteiger partial charge in [-0.2, -0.15) is 0 Å². The highest BCUT2D eigenvalue weighted by Gasteiger charge is 2.37. The zero-order chi connectivity index (χ0) is 19.9. The second-order valence-electron chi connectivity index (χ2n) is 8.41. The van der Waals surface area contributed by atoms with Crippen LogP contribution in [-0.4, -0.2) is 43.1 Å². The number of rotatable bonds is 7. The Morgan fingerprint density at radius 1 is 1.00 bits per heavy atom. The predicted octanol–water partition coefficient (Wildman–Crippen LogP) is 4.01. The van der Waals surface area contributed by atoms with Gasteiger partial charge in [0, 0.05) is 38.8 Å². The van der Waals surface area contributed by atoms with Crippen LogP contribution in [0, 0.1) is 5.92 Å². The van der Waals surface area contributed by atoms with Gasteiger partial charge >= 0.3 is 0 Å². The van der Waals surface area contributed by atoms with Gasteiger partial charge in [0.25, 0.3) is 0 Å². The average Bonchev–Trinajstić information content (AvgIpc) is 3.55. The van der Waals surface area contributed by atoms with Gasteiger partial charge in [-0.1, -0.05) is 60.7 Å². The molecule has 1 aliphatic carbocycles. The van der Waals surface area contributed by atoms with Crippen molar-refractivity contribution in [2.24, 2.45) is 10.9 Å². The Kier molecular flexibility index (Phi) is 6.83. The summed E-state index contributed by atoms with van der Waals surface area (Å²) in [5.74, 6) is 2.39. The Hall–Kier alpha value is -2.33. The minimum atomic E-state index is 0.518. The topological polar surface area (TPSA) is 39.7 Å². The molecule has 0 spiro atoms. The van der Waals surface area contributed by atoms with Gasteiger partial charge in [-0.05, 0) is 49.1 Å². The average molecular weight is 391 g/mol. The van der Waals surface area contributed by atoms with Crippen molar-refractivity contribution in [2.45, 2.75) is 44.7 Å². The molecular weight excluding hydrogens is 356 g/mol.